The minimum absolute atomic E-state index is 0.00667. The van der Waals surface area contributed by atoms with Gasteiger partial charge in [0.2, 0.25) is 0 Å². The molecule has 2 aromatic carbocycles. The van der Waals surface area contributed by atoms with Crippen LogP contribution in [0.5, 0.6) is 0 Å². The van der Waals surface area contributed by atoms with Gasteiger partial charge in [0.05, 0.1) is 16.8 Å². The molecule has 1 fully saturated rings. The lowest BCUT2D eigenvalue weighted by Gasteiger charge is -2.32. The van der Waals surface area contributed by atoms with Gasteiger partial charge in [0.1, 0.15) is 0 Å². The van der Waals surface area contributed by atoms with Crippen molar-refractivity contribution in [3.63, 3.8) is 0 Å². The second kappa shape index (κ2) is 7.63. The van der Waals surface area contributed by atoms with E-state index in [1.165, 1.54) is 12.1 Å². The zero-order valence-corrected chi connectivity index (χ0v) is 17.5. The number of aryl methyl sites for hydroxylation is 1. The van der Waals surface area contributed by atoms with E-state index in [4.69, 9.17) is 9.31 Å². The number of urea groups is 1. The van der Waals surface area contributed by atoms with Crippen molar-refractivity contribution < 1.29 is 27.3 Å². The molecule has 0 aliphatic carbocycles. The van der Waals surface area contributed by atoms with Crippen molar-refractivity contribution in [2.75, 3.05) is 10.6 Å². The molecule has 0 unspecified atom stereocenters. The van der Waals surface area contributed by atoms with Crippen LogP contribution in [-0.4, -0.2) is 24.4 Å². The van der Waals surface area contributed by atoms with Gasteiger partial charge in [-0.3, -0.25) is 0 Å². The fourth-order valence-corrected chi connectivity index (χ4v) is 2.99. The van der Waals surface area contributed by atoms with Crippen LogP contribution in [0, 0.1) is 6.92 Å². The van der Waals surface area contributed by atoms with Gasteiger partial charge in [-0.05, 0) is 64.3 Å². The van der Waals surface area contributed by atoms with Crippen molar-refractivity contribution >= 4 is 30.0 Å². The molecule has 2 amide bonds. The minimum atomic E-state index is -4.65. The van der Waals surface area contributed by atoms with Gasteiger partial charge in [-0.2, -0.15) is 13.2 Å². The molecule has 0 aromatic heterocycles. The zero-order chi connectivity index (χ0) is 22.3. The van der Waals surface area contributed by atoms with Crippen molar-refractivity contribution in [1.29, 1.82) is 0 Å². The SMILES string of the molecule is Cc1ccc(NC(=O)Nc2ccc(B3OC(C)(C)C(C)(C)O3)c(C(F)(F)F)c2)cc1. The summed E-state index contributed by atoms with van der Waals surface area (Å²) in [5, 5.41) is 5.02. The van der Waals surface area contributed by atoms with E-state index in [0.29, 0.717) is 5.69 Å². The molecule has 30 heavy (non-hydrogen) atoms. The average molecular weight is 420 g/mol. The van der Waals surface area contributed by atoms with Gasteiger partial charge < -0.3 is 19.9 Å². The van der Waals surface area contributed by atoms with Crippen LogP contribution >= 0.6 is 0 Å². The molecule has 0 atom stereocenters. The lowest BCUT2D eigenvalue weighted by Crippen LogP contribution is -2.41. The summed E-state index contributed by atoms with van der Waals surface area (Å²) < 4.78 is 52.8. The number of alkyl halides is 3. The maximum atomic E-state index is 13.7. The molecular weight excluding hydrogens is 396 g/mol. The molecular formula is C21H24BF3N2O3. The van der Waals surface area contributed by atoms with Crippen LogP contribution < -0.4 is 16.1 Å². The van der Waals surface area contributed by atoms with Gasteiger partial charge >= 0.3 is 19.3 Å². The normalized spacial score (nSPS) is 17.7. The molecule has 0 spiro atoms. The summed E-state index contributed by atoms with van der Waals surface area (Å²) in [6.45, 7) is 8.98. The van der Waals surface area contributed by atoms with Crippen LogP contribution in [0.3, 0.4) is 0 Å². The van der Waals surface area contributed by atoms with Crippen molar-refractivity contribution in [1.82, 2.24) is 0 Å². The largest absolute Gasteiger partial charge is 0.495 e. The number of hydrogen-bond donors (Lipinski definition) is 2. The maximum Gasteiger partial charge on any atom is 0.495 e. The third-order valence-corrected chi connectivity index (χ3v) is 5.43. The van der Waals surface area contributed by atoms with E-state index in [1.807, 2.05) is 19.1 Å². The first kappa shape index (κ1) is 22.2. The molecule has 160 valence electrons. The Kier molecular flexibility index (Phi) is 5.64. The van der Waals surface area contributed by atoms with Gasteiger partial charge in [0.25, 0.3) is 0 Å². The predicted octanol–water partition coefficient (Wildman–Crippen LogP) is 4.96. The van der Waals surface area contributed by atoms with Crippen LogP contribution in [0.4, 0.5) is 29.3 Å². The first-order chi connectivity index (χ1) is 13.8. The van der Waals surface area contributed by atoms with E-state index in [1.54, 1.807) is 39.8 Å². The van der Waals surface area contributed by atoms with Crippen LogP contribution in [-0.2, 0) is 15.5 Å². The predicted molar refractivity (Wildman–Crippen MR) is 111 cm³/mol. The van der Waals surface area contributed by atoms with E-state index in [9.17, 15) is 18.0 Å². The Balaban J connectivity index is 1.83. The summed E-state index contributed by atoms with van der Waals surface area (Å²) in [5.74, 6) is 0. The van der Waals surface area contributed by atoms with Crippen LogP contribution in [0.25, 0.3) is 0 Å². The first-order valence-electron chi connectivity index (χ1n) is 9.50. The van der Waals surface area contributed by atoms with Crippen molar-refractivity contribution in [3.8, 4) is 0 Å². The Morgan fingerprint density at radius 3 is 1.93 bits per heavy atom. The quantitative estimate of drug-likeness (QED) is 0.691. The Morgan fingerprint density at radius 2 is 1.40 bits per heavy atom. The summed E-state index contributed by atoms with van der Waals surface area (Å²) >= 11 is 0. The maximum absolute atomic E-state index is 13.7. The lowest BCUT2D eigenvalue weighted by molar-refractivity contribution is -0.136. The Morgan fingerprint density at radius 1 is 0.900 bits per heavy atom. The van der Waals surface area contributed by atoms with Gasteiger partial charge in [0, 0.05) is 11.4 Å². The number of carbonyl (C=O) groups excluding carboxylic acids is 1. The molecule has 2 aromatic rings. The zero-order valence-electron chi connectivity index (χ0n) is 17.5. The number of halogens is 3. The van der Waals surface area contributed by atoms with Crippen LogP contribution in [0.15, 0.2) is 42.5 Å². The highest BCUT2D eigenvalue weighted by molar-refractivity contribution is 6.62. The highest BCUT2D eigenvalue weighted by atomic mass is 19.4. The molecule has 0 saturated carbocycles. The monoisotopic (exact) mass is 420 g/mol. The van der Waals surface area contributed by atoms with Gasteiger partial charge in [-0.25, -0.2) is 4.79 Å². The minimum Gasteiger partial charge on any atom is -0.399 e. The molecule has 9 heteroatoms. The second-order valence-corrected chi connectivity index (χ2v) is 8.33. The number of benzene rings is 2. The van der Waals surface area contributed by atoms with E-state index in [-0.39, 0.29) is 11.2 Å². The highest BCUT2D eigenvalue weighted by Gasteiger charge is 2.53. The van der Waals surface area contributed by atoms with Crippen LogP contribution in [0.1, 0.15) is 38.8 Å². The molecule has 1 aliphatic heterocycles. The van der Waals surface area contributed by atoms with E-state index in [2.05, 4.69) is 10.6 Å². The van der Waals surface area contributed by atoms with Crippen molar-refractivity contribution in [3.05, 3.63) is 53.6 Å². The summed E-state index contributed by atoms with van der Waals surface area (Å²) in [7, 11) is -1.16. The van der Waals surface area contributed by atoms with E-state index in [0.717, 1.165) is 11.6 Å². The second-order valence-electron chi connectivity index (χ2n) is 8.33. The first-order valence-corrected chi connectivity index (χ1v) is 9.50. The summed E-state index contributed by atoms with van der Waals surface area (Å²) in [4.78, 5) is 12.2. The Bertz CT molecular complexity index is 928. The fourth-order valence-electron chi connectivity index (χ4n) is 2.99. The molecule has 0 bridgehead atoms. The third kappa shape index (κ3) is 4.62. The number of carbonyl (C=O) groups is 1. The Hall–Kier alpha value is -2.52. The summed E-state index contributed by atoms with van der Waals surface area (Å²) in [5.41, 5.74) is -1.04. The average Bonchev–Trinajstić information content (AvgIpc) is 2.83. The molecule has 0 radical (unpaired) electrons. The molecule has 1 heterocycles. The van der Waals surface area contributed by atoms with E-state index >= 15 is 0 Å². The fraction of sp³-hybridized carbons (Fsp3) is 0.381. The number of amides is 2. The summed E-state index contributed by atoms with van der Waals surface area (Å²) in [6, 6.07) is 9.95. The number of hydrogen-bond acceptors (Lipinski definition) is 3. The lowest BCUT2D eigenvalue weighted by atomic mass is 9.75. The van der Waals surface area contributed by atoms with Crippen molar-refractivity contribution in [2.24, 2.45) is 0 Å². The molecule has 1 saturated heterocycles. The van der Waals surface area contributed by atoms with Gasteiger partial charge in [-0.1, -0.05) is 23.8 Å². The Labute approximate surface area is 174 Å². The van der Waals surface area contributed by atoms with Crippen LogP contribution in [0.2, 0.25) is 0 Å². The topological polar surface area (TPSA) is 59.6 Å². The smallest absolute Gasteiger partial charge is 0.399 e. The number of anilines is 2. The number of nitrogens with one attached hydrogen (secondary N) is 2. The molecule has 2 N–H and O–H groups in total. The molecule has 1 aliphatic rings. The standard InChI is InChI=1S/C21H24BF3N2O3/c1-13-6-8-14(9-7-13)26-18(28)27-15-10-11-17(16(12-15)21(23,24)25)22-29-19(2,3)20(4,5)30-22/h6-12H,1-5H3,(H2,26,27,28). The van der Waals surface area contributed by atoms with Gasteiger partial charge in [-0.15, -0.1) is 0 Å². The van der Waals surface area contributed by atoms with E-state index < -0.39 is 36.1 Å². The molecule has 3 rings (SSSR count). The molecule has 5 nitrogen and oxygen atoms in total. The summed E-state index contributed by atoms with van der Waals surface area (Å²) in [6.07, 6.45) is -4.65. The van der Waals surface area contributed by atoms with Crippen molar-refractivity contribution in [2.45, 2.75) is 52.0 Å². The number of rotatable bonds is 3. The van der Waals surface area contributed by atoms with Gasteiger partial charge in [0.15, 0.2) is 0 Å². The third-order valence-electron chi connectivity index (χ3n) is 5.43. The highest BCUT2D eigenvalue weighted by Crippen LogP contribution is 2.38.